The monoisotopic (exact) mass is 204 g/mol. The third-order valence-corrected chi connectivity index (χ3v) is 2.34. The molecule has 5 nitrogen and oxygen atoms in total. The van der Waals surface area contributed by atoms with Gasteiger partial charge in [-0.2, -0.15) is 4.89 Å². The van der Waals surface area contributed by atoms with Gasteiger partial charge in [0.1, 0.15) is 0 Å². The molecule has 1 N–H and O–H groups in total. The molecule has 0 amide bonds. The first-order valence-electron chi connectivity index (χ1n) is 4.87. The summed E-state index contributed by atoms with van der Waals surface area (Å²) in [5.41, 5.74) is 0. The Bertz CT molecular complexity index is 184. The number of hydrogen-bond acceptors (Lipinski definition) is 5. The molecule has 14 heavy (non-hydrogen) atoms. The van der Waals surface area contributed by atoms with Gasteiger partial charge in [-0.1, -0.05) is 12.8 Å². The largest absolute Gasteiger partial charge is 0.339 e. The minimum atomic E-state index is -1.15. The van der Waals surface area contributed by atoms with Crippen molar-refractivity contribution in [2.45, 2.75) is 51.2 Å². The van der Waals surface area contributed by atoms with E-state index in [-0.39, 0.29) is 0 Å². The smallest absolute Gasteiger partial charge is 0.296 e. The maximum absolute atomic E-state index is 10.5. The fourth-order valence-electron chi connectivity index (χ4n) is 1.59. The van der Waals surface area contributed by atoms with Gasteiger partial charge in [0.15, 0.2) is 0 Å². The highest BCUT2D eigenvalue weighted by molar-refractivity contribution is 5.65. The molecule has 0 spiro atoms. The van der Waals surface area contributed by atoms with Crippen molar-refractivity contribution < 1.29 is 24.7 Å². The van der Waals surface area contributed by atoms with Gasteiger partial charge in [-0.3, -0.25) is 4.89 Å². The first kappa shape index (κ1) is 11.4. The fraction of sp³-hybridized carbons (Fsp3) is 0.889. The summed E-state index contributed by atoms with van der Waals surface area (Å²) in [6.45, 7) is 1.24. The molecule has 0 unspecified atom stereocenters. The van der Waals surface area contributed by atoms with Crippen molar-refractivity contribution in [3.05, 3.63) is 0 Å². The van der Waals surface area contributed by atoms with Crippen LogP contribution in [0.2, 0.25) is 0 Å². The Balaban J connectivity index is 2.49. The van der Waals surface area contributed by atoms with Gasteiger partial charge < -0.3 is 0 Å². The number of hydrogen-bond donors (Lipinski definition) is 1. The number of carbonyl (C=O) groups is 1. The van der Waals surface area contributed by atoms with Crippen LogP contribution in [0.15, 0.2) is 0 Å². The number of carbonyl (C=O) groups excluding carboxylic acids is 1. The van der Waals surface area contributed by atoms with Crippen LogP contribution in [0.25, 0.3) is 0 Å². The van der Waals surface area contributed by atoms with Gasteiger partial charge in [0.2, 0.25) is 5.79 Å². The lowest BCUT2D eigenvalue weighted by atomic mass is 10.1. The minimum Gasteiger partial charge on any atom is -0.296 e. The van der Waals surface area contributed by atoms with E-state index in [1.807, 2.05) is 0 Å². The van der Waals surface area contributed by atoms with E-state index in [1.165, 1.54) is 6.92 Å². The Morgan fingerprint density at radius 1 is 1.21 bits per heavy atom. The van der Waals surface area contributed by atoms with E-state index in [2.05, 4.69) is 9.78 Å². The fourth-order valence-corrected chi connectivity index (χ4v) is 1.59. The van der Waals surface area contributed by atoms with Gasteiger partial charge >= 0.3 is 5.97 Å². The van der Waals surface area contributed by atoms with Crippen molar-refractivity contribution >= 4 is 5.97 Å². The topological polar surface area (TPSA) is 65.0 Å². The van der Waals surface area contributed by atoms with Crippen molar-refractivity contribution in [2.75, 3.05) is 0 Å². The molecule has 0 bridgehead atoms. The molecule has 0 heterocycles. The lowest BCUT2D eigenvalue weighted by Crippen LogP contribution is -2.35. The molecule has 0 aliphatic heterocycles. The van der Waals surface area contributed by atoms with Crippen LogP contribution < -0.4 is 0 Å². The lowest BCUT2D eigenvalue weighted by molar-refractivity contribution is -0.486. The summed E-state index contributed by atoms with van der Waals surface area (Å²) in [7, 11) is 0. The predicted molar refractivity (Wildman–Crippen MR) is 47.0 cm³/mol. The molecule has 1 saturated carbocycles. The van der Waals surface area contributed by atoms with E-state index < -0.39 is 11.8 Å². The summed E-state index contributed by atoms with van der Waals surface area (Å²) in [4.78, 5) is 24.1. The van der Waals surface area contributed by atoms with Gasteiger partial charge in [-0.05, 0) is 12.8 Å². The molecular weight excluding hydrogens is 188 g/mol. The van der Waals surface area contributed by atoms with Gasteiger partial charge in [0, 0.05) is 19.8 Å². The molecule has 0 radical (unpaired) electrons. The molecule has 1 fully saturated rings. The summed E-state index contributed by atoms with van der Waals surface area (Å²) >= 11 is 0. The van der Waals surface area contributed by atoms with Gasteiger partial charge in [-0.25, -0.2) is 10.1 Å². The molecule has 1 aliphatic rings. The molecule has 1 rings (SSSR count). The normalized spacial score (nSPS) is 21.3. The highest BCUT2D eigenvalue weighted by atomic mass is 17.3. The van der Waals surface area contributed by atoms with Crippen molar-refractivity contribution in [2.24, 2.45) is 0 Å². The zero-order chi connectivity index (χ0) is 10.4. The van der Waals surface area contributed by atoms with Gasteiger partial charge in [0.05, 0.1) is 0 Å². The Morgan fingerprint density at radius 3 is 2.21 bits per heavy atom. The van der Waals surface area contributed by atoms with Gasteiger partial charge in [0.25, 0.3) is 0 Å². The molecule has 82 valence electrons. The zero-order valence-electron chi connectivity index (χ0n) is 8.32. The molecule has 5 heteroatoms. The number of rotatable bonds is 3. The SMILES string of the molecule is CC(=O)OOC1(OO)CCCCCC1. The third-order valence-electron chi connectivity index (χ3n) is 2.34. The van der Waals surface area contributed by atoms with Gasteiger partial charge in [-0.15, -0.1) is 4.89 Å². The Kier molecular flexibility index (Phi) is 4.31. The maximum atomic E-state index is 10.5. The highest BCUT2D eigenvalue weighted by Crippen LogP contribution is 2.31. The second-order valence-electron chi connectivity index (χ2n) is 3.57. The second-order valence-corrected chi connectivity index (χ2v) is 3.57. The zero-order valence-corrected chi connectivity index (χ0v) is 8.32. The highest BCUT2D eigenvalue weighted by Gasteiger charge is 2.36. The van der Waals surface area contributed by atoms with E-state index in [1.54, 1.807) is 0 Å². The quantitative estimate of drug-likeness (QED) is 0.330. The summed E-state index contributed by atoms with van der Waals surface area (Å²) in [6.07, 6.45) is 5.01. The second kappa shape index (κ2) is 5.29. The Hall–Kier alpha value is -0.650. The summed E-state index contributed by atoms with van der Waals surface area (Å²) in [6, 6.07) is 0. The van der Waals surface area contributed by atoms with Crippen molar-refractivity contribution in [1.29, 1.82) is 0 Å². The lowest BCUT2D eigenvalue weighted by Gasteiger charge is -2.25. The van der Waals surface area contributed by atoms with Crippen LogP contribution in [0, 0.1) is 0 Å². The molecule has 1 aliphatic carbocycles. The molecule has 0 aromatic heterocycles. The van der Waals surface area contributed by atoms with Crippen molar-refractivity contribution in [3.63, 3.8) is 0 Å². The Labute approximate surface area is 82.8 Å². The average Bonchev–Trinajstić information content (AvgIpc) is 2.41. The van der Waals surface area contributed by atoms with Crippen molar-refractivity contribution in [1.82, 2.24) is 0 Å². The standard InChI is InChI=1S/C9H16O5/c1-8(10)12-14-9(13-11)6-4-2-3-5-7-9/h11H,2-7H2,1H3. The minimum absolute atomic E-state index is 0.538. The van der Waals surface area contributed by atoms with Crippen LogP contribution in [-0.2, 0) is 19.5 Å². The Morgan fingerprint density at radius 2 is 1.79 bits per heavy atom. The predicted octanol–water partition coefficient (Wildman–Crippen LogP) is 2.02. The molecule has 0 atom stereocenters. The summed E-state index contributed by atoms with van der Waals surface area (Å²) < 4.78 is 0. The average molecular weight is 204 g/mol. The van der Waals surface area contributed by atoms with Crippen LogP contribution >= 0.6 is 0 Å². The maximum Gasteiger partial charge on any atom is 0.339 e. The first-order valence-corrected chi connectivity index (χ1v) is 4.87. The van der Waals surface area contributed by atoms with Crippen LogP contribution in [-0.4, -0.2) is 17.0 Å². The van der Waals surface area contributed by atoms with Crippen LogP contribution in [0.3, 0.4) is 0 Å². The van der Waals surface area contributed by atoms with E-state index in [0.717, 1.165) is 25.7 Å². The van der Waals surface area contributed by atoms with E-state index in [9.17, 15) is 4.79 Å². The first-order chi connectivity index (χ1) is 6.68. The van der Waals surface area contributed by atoms with Crippen LogP contribution in [0.1, 0.15) is 45.4 Å². The summed E-state index contributed by atoms with van der Waals surface area (Å²) in [5.74, 6) is -1.70. The molecule has 0 saturated heterocycles. The molecule has 0 aromatic carbocycles. The third kappa shape index (κ3) is 3.25. The summed E-state index contributed by atoms with van der Waals surface area (Å²) in [5, 5.41) is 8.76. The van der Waals surface area contributed by atoms with E-state index in [0.29, 0.717) is 12.8 Å². The molecule has 0 aromatic rings. The van der Waals surface area contributed by atoms with E-state index >= 15 is 0 Å². The van der Waals surface area contributed by atoms with Crippen molar-refractivity contribution in [3.8, 4) is 0 Å². The molecular formula is C9H16O5. The van der Waals surface area contributed by atoms with E-state index in [4.69, 9.17) is 10.1 Å². The van der Waals surface area contributed by atoms with Crippen LogP contribution in [0.5, 0.6) is 0 Å². The van der Waals surface area contributed by atoms with Crippen LogP contribution in [0.4, 0.5) is 0 Å².